The lowest BCUT2D eigenvalue weighted by Gasteiger charge is -2.25. The van der Waals surface area contributed by atoms with Crippen LogP contribution in [0.25, 0.3) is 5.65 Å². The van der Waals surface area contributed by atoms with E-state index in [-0.39, 0.29) is 12.0 Å². The highest BCUT2D eigenvalue weighted by molar-refractivity contribution is 5.94. The Labute approximate surface area is 167 Å². The molecule has 1 atom stereocenters. The van der Waals surface area contributed by atoms with Crippen LogP contribution in [0.4, 0.5) is 0 Å². The first-order valence-corrected chi connectivity index (χ1v) is 9.51. The minimum Gasteiger partial charge on any atom is -0.442 e. The minimum absolute atomic E-state index is 0.0258. The van der Waals surface area contributed by atoms with Crippen LogP contribution in [0.15, 0.2) is 65.5 Å². The van der Waals surface area contributed by atoms with Gasteiger partial charge in [-0.25, -0.2) is 9.97 Å². The van der Waals surface area contributed by atoms with Crippen molar-refractivity contribution in [1.29, 1.82) is 0 Å². The highest BCUT2D eigenvalue weighted by Crippen LogP contribution is 2.29. The minimum atomic E-state index is -0.366. The molecule has 7 heteroatoms. The van der Waals surface area contributed by atoms with Crippen molar-refractivity contribution in [1.82, 2.24) is 19.3 Å². The Bertz CT molecular complexity index is 1170. The molecule has 0 N–H and O–H groups in total. The van der Waals surface area contributed by atoms with Gasteiger partial charge in [-0.3, -0.25) is 4.79 Å². The van der Waals surface area contributed by atoms with Crippen LogP contribution in [0.3, 0.4) is 0 Å². The van der Waals surface area contributed by atoms with Gasteiger partial charge >= 0.3 is 0 Å². The Morgan fingerprint density at radius 2 is 2.07 bits per heavy atom. The van der Waals surface area contributed by atoms with Crippen molar-refractivity contribution in [2.75, 3.05) is 13.7 Å². The summed E-state index contributed by atoms with van der Waals surface area (Å²) < 4.78 is 13.5. The number of amides is 1. The second kappa shape index (κ2) is 7.18. The Hall–Kier alpha value is -3.45. The monoisotopic (exact) mass is 388 g/mol. The first-order chi connectivity index (χ1) is 14.2. The van der Waals surface area contributed by atoms with Crippen LogP contribution in [0.2, 0.25) is 0 Å². The number of ether oxygens (including phenoxy) is 1. The van der Waals surface area contributed by atoms with E-state index in [9.17, 15) is 4.79 Å². The van der Waals surface area contributed by atoms with Gasteiger partial charge in [-0.2, -0.15) is 0 Å². The number of pyridine rings is 1. The second-order valence-corrected chi connectivity index (χ2v) is 7.04. The number of oxazole rings is 1. The Balaban J connectivity index is 1.39. The average molecular weight is 388 g/mol. The molecule has 0 saturated heterocycles. The summed E-state index contributed by atoms with van der Waals surface area (Å²) >= 11 is 0. The quantitative estimate of drug-likeness (QED) is 0.537. The van der Waals surface area contributed by atoms with Gasteiger partial charge in [0.2, 0.25) is 5.89 Å². The smallest absolute Gasteiger partial charge is 0.255 e. The van der Waals surface area contributed by atoms with Crippen molar-refractivity contribution in [3.63, 3.8) is 0 Å². The van der Waals surface area contributed by atoms with Crippen LogP contribution in [0.5, 0.6) is 0 Å². The Morgan fingerprint density at radius 3 is 2.90 bits per heavy atom. The highest BCUT2D eigenvalue weighted by atomic mass is 16.5. The molecule has 7 nitrogen and oxygen atoms in total. The van der Waals surface area contributed by atoms with Gasteiger partial charge in [0.15, 0.2) is 6.10 Å². The number of imidazole rings is 1. The van der Waals surface area contributed by atoms with Gasteiger partial charge in [0, 0.05) is 38.7 Å². The number of methoxy groups -OCH3 is 1. The molecular weight excluding hydrogens is 368 g/mol. The first kappa shape index (κ1) is 17.6. The molecule has 0 fully saturated rings. The van der Waals surface area contributed by atoms with Crippen LogP contribution in [-0.4, -0.2) is 38.8 Å². The number of aromatic nitrogens is 3. The summed E-state index contributed by atoms with van der Waals surface area (Å²) in [5.74, 6) is 1.33. The fourth-order valence-corrected chi connectivity index (χ4v) is 3.74. The van der Waals surface area contributed by atoms with Crippen molar-refractivity contribution >= 4 is 11.6 Å². The Morgan fingerprint density at radius 1 is 1.21 bits per heavy atom. The number of carbonyl (C=O) groups excluding carboxylic acids is 1. The van der Waals surface area contributed by atoms with Gasteiger partial charge in [-0.05, 0) is 17.7 Å². The molecule has 29 heavy (non-hydrogen) atoms. The summed E-state index contributed by atoms with van der Waals surface area (Å²) in [5.41, 5.74) is 3.22. The van der Waals surface area contributed by atoms with Crippen LogP contribution < -0.4 is 0 Å². The third-order valence-corrected chi connectivity index (χ3v) is 5.23. The van der Waals surface area contributed by atoms with Gasteiger partial charge in [0.05, 0.1) is 12.1 Å². The molecule has 146 valence electrons. The summed E-state index contributed by atoms with van der Waals surface area (Å²) in [6, 6.07) is 13.5. The van der Waals surface area contributed by atoms with Crippen molar-refractivity contribution < 1.29 is 13.9 Å². The molecule has 1 aliphatic heterocycles. The number of rotatable bonds is 4. The number of carbonyl (C=O) groups is 1. The first-order valence-electron chi connectivity index (χ1n) is 9.51. The largest absolute Gasteiger partial charge is 0.442 e. The van der Waals surface area contributed by atoms with Gasteiger partial charge in [-0.1, -0.05) is 30.3 Å². The van der Waals surface area contributed by atoms with E-state index in [1.54, 1.807) is 18.2 Å². The molecule has 5 rings (SSSR count). The van der Waals surface area contributed by atoms with E-state index in [1.807, 2.05) is 59.3 Å². The van der Waals surface area contributed by atoms with Crippen LogP contribution >= 0.6 is 0 Å². The van der Waals surface area contributed by atoms with E-state index in [4.69, 9.17) is 9.15 Å². The molecule has 0 spiro atoms. The van der Waals surface area contributed by atoms with Crippen molar-refractivity contribution in [3.05, 3.63) is 89.5 Å². The maximum atomic E-state index is 13.0. The molecule has 0 bridgehead atoms. The van der Waals surface area contributed by atoms with E-state index in [0.29, 0.717) is 31.0 Å². The lowest BCUT2D eigenvalue weighted by atomic mass is 10.1. The zero-order valence-electron chi connectivity index (χ0n) is 16.0. The molecular formula is C22H20N4O3. The molecule has 3 aromatic heterocycles. The van der Waals surface area contributed by atoms with Gasteiger partial charge in [-0.15, -0.1) is 0 Å². The van der Waals surface area contributed by atoms with Gasteiger partial charge < -0.3 is 18.5 Å². The predicted octanol–water partition coefficient (Wildman–Crippen LogP) is 3.26. The SMILES string of the molecule is COC(c1ccccc1)c1nc2c(o1)CCN(C(=O)c1ccc3nccn3c1)C2. The maximum absolute atomic E-state index is 13.0. The normalized spacial score (nSPS) is 14.7. The number of fused-ring (bicyclic) bond motifs is 2. The van der Waals surface area contributed by atoms with Crippen molar-refractivity contribution in [2.45, 2.75) is 19.1 Å². The van der Waals surface area contributed by atoms with Gasteiger partial charge in [0.1, 0.15) is 17.1 Å². The van der Waals surface area contributed by atoms with Gasteiger partial charge in [0.25, 0.3) is 5.91 Å². The summed E-state index contributed by atoms with van der Waals surface area (Å²) in [6.07, 6.45) is 5.62. The van der Waals surface area contributed by atoms with E-state index in [2.05, 4.69) is 9.97 Å². The maximum Gasteiger partial charge on any atom is 0.255 e. The predicted molar refractivity (Wildman–Crippen MR) is 105 cm³/mol. The summed E-state index contributed by atoms with van der Waals surface area (Å²) in [7, 11) is 1.64. The highest BCUT2D eigenvalue weighted by Gasteiger charge is 2.29. The lowest BCUT2D eigenvalue weighted by Crippen LogP contribution is -2.35. The summed E-state index contributed by atoms with van der Waals surface area (Å²) in [4.78, 5) is 23.7. The fourth-order valence-electron chi connectivity index (χ4n) is 3.74. The van der Waals surface area contributed by atoms with E-state index in [1.165, 1.54) is 0 Å². The molecule has 1 amide bonds. The second-order valence-electron chi connectivity index (χ2n) is 7.04. The molecule has 1 unspecified atom stereocenters. The van der Waals surface area contributed by atoms with E-state index >= 15 is 0 Å². The zero-order chi connectivity index (χ0) is 19.8. The molecule has 4 heterocycles. The van der Waals surface area contributed by atoms with Crippen LogP contribution in [-0.2, 0) is 17.7 Å². The topological polar surface area (TPSA) is 72.9 Å². The molecule has 0 saturated carbocycles. The number of hydrogen-bond donors (Lipinski definition) is 0. The van der Waals surface area contributed by atoms with Crippen molar-refractivity contribution in [3.8, 4) is 0 Å². The molecule has 4 aromatic rings. The van der Waals surface area contributed by atoms with Crippen molar-refractivity contribution in [2.24, 2.45) is 0 Å². The molecule has 1 aliphatic rings. The number of benzene rings is 1. The summed E-state index contributed by atoms with van der Waals surface area (Å²) in [5, 5.41) is 0. The average Bonchev–Trinajstić information content (AvgIpc) is 3.40. The molecule has 1 aromatic carbocycles. The summed E-state index contributed by atoms with van der Waals surface area (Å²) in [6.45, 7) is 1.01. The standard InChI is InChI=1S/C22H20N4O3/c1-28-20(15-5-3-2-4-6-15)21-24-17-14-26(11-9-18(17)29-21)22(27)16-7-8-19-23-10-12-25(19)13-16/h2-8,10,12-13,20H,9,11,14H2,1H3. The van der Waals surface area contributed by atoms with Crippen LogP contribution in [0, 0.1) is 0 Å². The van der Waals surface area contributed by atoms with Crippen LogP contribution in [0.1, 0.15) is 39.4 Å². The molecule has 0 aliphatic carbocycles. The third kappa shape index (κ3) is 3.19. The lowest BCUT2D eigenvalue weighted by molar-refractivity contribution is 0.0726. The third-order valence-electron chi connectivity index (χ3n) is 5.23. The Kier molecular flexibility index (Phi) is 4.37. The zero-order valence-corrected chi connectivity index (χ0v) is 16.0. The number of nitrogens with zero attached hydrogens (tertiary/aromatic N) is 4. The van der Waals surface area contributed by atoms with E-state index < -0.39 is 0 Å². The number of hydrogen-bond acceptors (Lipinski definition) is 5. The fraction of sp³-hybridized carbons (Fsp3) is 0.227. The van der Waals surface area contributed by atoms with E-state index in [0.717, 1.165) is 22.7 Å². The molecule has 0 radical (unpaired) electrons.